The molecule has 0 heterocycles. The molecule has 1 aromatic carbocycles. The van der Waals surface area contributed by atoms with Crippen LogP contribution in [0.15, 0.2) is 24.3 Å². The maximum Gasteiger partial charge on any atom is 0.0998 e. The van der Waals surface area contributed by atoms with E-state index in [9.17, 15) is 0 Å². The molecular weight excluding hydrogens is 136 g/mol. The highest BCUT2D eigenvalue weighted by Gasteiger charge is 1.95. The molecule has 0 saturated carbocycles. The zero-order valence-corrected chi connectivity index (χ0v) is 7.17. The van der Waals surface area contributed by atoms with Crippen molar-refractivity contribution in [2.24, 2.45) is 0 Å². The summed E-state index contributed by atoms with van der Waals surface area (Å²) in [6, 6.07) is 8.42. The van der Waals surface area contributed by atoms with Crippen molar-refractivity contribution in [2.75, 3.05) is 19.0 Å². The van der Waals surface area contributed by atoms with Crippen LogP contribution in [0.25, 0.3) is 0 Å². The molecule has 0 saturated heterocycles. The van der Waals surface area contributed by atoms with Crippen molar-refractivity contribution in [1.29, 1.82) is 0 Å². The molecule has 2 nitrogen and oxygen atoms in total. The lowest BCUT2D eigenvalue weighted by atomic mass is 10.2. The number of hydrogen-bond acceptors (Lipinski definition) is 1. The predicted molar refractivity (Wildman–Crippen MR) is 47.4 cm³/mol. The van der Waals surface area contributed by atoms with Gasteiger partial charge in [-0.25, -0.2) is 0 Å². The van der Waals surface area contributed by atoms with Crippen molar-refractivity contribution in [3.63, 3.8) is 0 Å². The fourth-order valence-corrected chi connectivity index (χ4v) is 0.990. The quantitative estimate of drug-likeness (QED) is 0.655. The van der Waals surface area contributed by atoms with Crippen LogP contribution in [0.2, 0.25) is 0 Å². The Morgan fingerprint density at radius 1 is 1.36 bits per heavy atom. The molecule has 2 heteroatoms. The van der Waals surface area contributed by atoms with Gasteiger partial charge in [-0.05, 0) is 12.1 Å². The number of rotatable bonds is 2. The molecule has 0 bridgehead atoms. The predicted octanol–water partition coefficient (Wildman–Crippen LogP) is 0.494. The molecule has 11 heavy (non-hydrogen) atoms. The van der Waals surface area contributed by atoms with E-state index in [1.54, 1.807) is 0 Å². The van der Waals surface area contributed by atoms with Crippen LogP contribution in [0, 0.1) is 0 Å². The van der Waals surface area contributed by atoms with Crippen LogP contribution < -0.4 is 10.6 Å². The molecule has 0 aliphatic rings. The summed E-state index contributed by atoms with van der Waals surface area (Å²) in [5.41, 5.74) is 6.37. The van der Waals surface area contributed by atoms with E-state index in [1.165, 1.54) is 11.3 Å². The highest BCUT2D eigenvalue weighted by molar-refractivity contribution is 5.46. The van der Waals surface area contributed by atoms with Crippen molar-refractivity contribution in [3.05, 3.63) is 29.8 Å². The minimum atomic E-state index is 0.863. The van der Waals surface area contributed by atoms with Gasteiger partial charge in [-0.3, -0.25) is 0 Å². The monoisotopic (exact) mass is 151 g/mol. The van der Waals surface area contributed by atoms with Crippen molar-refractivity contribution in [2.45, 2.75) is 6.54 Å². The average Bonchev–Trinajstić information content (AvgIpc) is 2.05. The highest BCUT2D eigenvalue weighted by Crippen LogP contribution is 2.11. The molecular formula is C9H15N2+. The van der Waals surface area contributed by atoms with Gasteiger partial charge >= 0.3 is 0 Å². The Bertz CT molecular complexity index is 231. The van der Waals surface area contributed by atoms with Crippen LogP contribution in [-0.2, 0) is 6.54 Å². The maximum atomic E-state index is 3.84. The summed E-state index contributed by atoms with van der Waals surface area (Å²) < 4.78 is 0. The van der Waals surface area contributed by atoms with E-state index in [2.05, 4.69) is 34.9 Å². The van der Waals surface area contributed by atoms with Crippen LogP contribution in [0.5, 0.6) is 0 Å². The second-order valence-corrected chi connectivity index (χ2v) is 2.81. The molecule has 60 valence electrons. The number of benzene rings is 1. The SMILES string of the molecule is CN(C)c1cccc(C[NH3+])c1. The fourth-order valence-electron chi connectivity index (χ4n) is 0.990. The average molecular weight is 151 g/mol. The van der Waals surface area contributed by atoms with Crippen LogP contribution >= 0.6 is 0 Å². The Labute approximate surface area is 67.6 Å². The summed E-state index contributed by atoms with van der Waals surface area (Å²) in [6.07, 6.45) is 0. The Hall–Kier alpha value is -1.02. The summed E-state index contributed by atoms with van der Waals surface area (Å²) in [6.45, 7) is 0.863. The van der Waals surface area contributed by atoms with Gasteiger partial charge in [0, 0.05) is 25.3 Å². The number of anilines is 1. The maximum absolute atomic E-state index is 3.84. The van der Waals surface area contributed by atoms with E-state index in [0.717, 1.165) is 6.54 Å². The van der Waals surface area contributed by atoms with Gasteiger partial charge in [0.15, 0.2) is 0 Å². The minimum Gasteiger partial charge on any atom is -0.378 e. The van der Waals surface area contributed by atoms with Gasteiger partial charge in [0.05, 0.1) is 6.54 Å². The van der Waals surface area contributed by atoms with E-state index < -0.39 is 0 Å². The first-order chi connectivity index (χ1) is 5.24. The molecule has 0 spiro atoms. The summed E-state index contributed by atoms with van der Waals surface area (Å²) in [7, 11) is 4.09. The summed E-state index contributed by atoms with van der Waals surface area (Å²) in [4.78, 5) is 2.10. The Morgan fingerprint density at radius 2 is 2.09 bits per heavy atom. The van der Waals surface area contributed by atoms with Gasteiger partial charge < -0.3 is 10.6 Å². The lowest BCUT2D eigenvalue weighted by Gasteiger charge is -2.12. The van der Waals surface area contributed by atoms with Gasteiger partial charge in [0.2, 0.25) is 0 Å². The third-order valence-electron chi connectivity index (χ3n) is 1.72. The normalized spacial score (nSPS) is 9.73. The Morgan fingerprint density at radius 3 is 2.64 bits per heavy atom. The molecule has 0 radical (unpaired) electrons. The molecule has 0 fully saturated rings. The van der Waals surface area contributed by atoms with E-state index in [0.29, 0.717) is 0 Å². The molecule has 0 atom stereocenters. The summed E-state index contributed by atoms with van der Waals surface area (Å²) >= 11 is 0. The lowest BCUT2D eigenvalue weighted by Crippen LogP contribution is -2.47. The first kappa shape index (κ1) is 8.08. The molecule has 0 amide bonds. The second kappa shape index (κ2) is 3.39. The van der Waals surface area contributed by atoms with Gasteiger partial charge in [0.25, 0.3) is 0 Å². The van der Waals surface area contributed by atoms with Gasteiger partial charge in [-0.1, -0.05) is 12.1 Å². The number of nitrogens with zero attached hydrogens (tertiary/aromatic N) is 1. The zero-order valence-electron chi connectivity index (χ0n) is 7.17. The zero-order chi connectivity index (χ0) is 8.27. The van der Waals surface area contributed by atoms with Crippen molar-refractivity contribution < 1.29 is 5.73 Å². The molecule has 0 aliphatic heterocycles. The largest absolute Gasteiger partial charge is 0.378 e. The molecule has 1 rings (SSSR count). The van der Waals surface area contributed by atoms with Crippen molar-refractivity contribution in [3.8, 4) is 0 Å². The van der Waals surface area contributed by atoms with E-state index in [-0.39, 0.29) is 0 Å². The van der Waals surface area contributed by atoms with Crippen LogP contribution in [0.4, 0.5) is 5.69 Å². The molecule has 0 unspecified atom stereocenters. The van der Waals surface area contributed by atoms with E-state index in [1.807, 2.05) is 14.1 Å². The summed E-state index contributed by atoms with van der Waals surface area (Å²) in [5.74, 6) is 0. The molecule has 3 N–H and O–H groups in total. The van der Waals surface area contributed by atoms with Crippen LogP contribution in [0.3, 0.4) is 0 Å². The van der Waals surface area contributed by atoms with E-state index >= 15 is 0 Å². The smallest absolute Gasteiger partial charge is 0.0998 e. The van der Waals surface area contributed by atoms with Gasteiger partial charge in [0.1, 0.15) is 0 Å². The Kier molecular flexibility index (Phi) is 2.49. The third kappa shape index (κ3) is 1.95. The van der Waals surface area contributed by atoms with Crippen molar-refractivity contribution in [1.82, 2.24) is 0 Å². The van der Waals surface area contributed by atoms with Gasteiger partial charge in [-0.2, -0.15) is 0 Å². The summed E-state index contributed by atoms with van der Waals surface area (Å²) in [5, 5.41) is 0. The fraction of sp³-hybridized carbons (Fsp3) is 0.333. The van der Waals surface area contributed by atoms with Crippen LogP contribution in [0.1, 0.15) is 5.56 Å². The molecule has 0 aliphatic carbocycles. The van der Waals surface area contributed by atoms with Gasteiger partial charge in [-0.15, -0.1) is 0 Å². The standard InChI is InChI=1S/C9H14N2/c1-11(2)9-5-3-4-8(6-9)7-10/h3-6H,7,10H2,1-2H3/p+1. The molecule has 0 aromatic heterocycles. The lowest BCUT2D eigenvalue weighted by molar-refractivity contribution is -0.386. The van der Waals surface area contributed by atoms with Crippen molar-refractivity contribution >= 4 is 5.69 Å². The van der Waals surface area contributed by atoms with E-state index in [4.69, 9.17) is 0 Å². The molecule has 1 aromatic rings. The second-order valence-electron chi connectivity index (χ2n) is 2.81. The third-order valence-corrected chi connectivity index (χ3v) is 1.72. The number of quaternary nitrogens is 1. The number of hydrogen-bond donors (Lipinski definition) is 1. The topological polar surface area (TPSA) is 30.9 Å². The minimum absolute atomic E-state index is 0.863. The van der Waals surface area contributed by atoms with Crippen LogP contribution in [-0.4, -0.2) is 14.1 Å². The first-order valence-electron chi connectivity index (χ1n) is 3.79. The first-order valence-corrected chi connectivity index (χ1v) is 3.79. The highest BCUT2D eigenvalue weighted by atomic mass is 15.1. The Balaban J connectivity index is 2.91.